The van der Waals surface area contributed by atoms with Gasteiger partial charge in [-0.2, -0.15) is 13.2 Å². The van der Waals surface area contributed by atoms with E-state index in [-0.39, 0.29) is 31.1 Å². The molecule has 0 aromatic heterocycles. The third kappa shape index (κ3) is 8.29. The van der Waals surface area contributed by atoms with Gasteiger partial charge in [0.15, 0.2) is 0 Å². The van der Waals surface area contributed by atoms with Crippen molar-refractivity contribution in [3.05, 3.63) is 54.1 Å². The minimum atomic E-state index is -4.49. The van der Waals surface area contributed by atoms with Crippen molar-refractivity contribution < 1.29 is 43.1 Å². The van der Waals surface area contributed by atoms with E-state index in [0.29, 0.717) is 19.3 Å². The molecule has 1 aromatic carbocycles. The first kappa shape index (κ1) is 25.9. The van der Waals surface area contributed by atoms with Gasteiger partial charge in [-0.3, -0.25) is 4.79 Å². The number of ether oxygens (including phenoxy) is 1. The molecule has 6 nitrogen and oxygen atoms in total. The maximum Gasteiger partial charge on any atom is 0.416 e. The second-order valence-corrected chi connectivity index (χ2v) is 7.89. The average molecular weight is 458 g/mol. The molecule has 0 aliphatic heterocycles. The molecule has 5 atom stereocenters. The van der Waals surface area contributed by atoms with Crippen LogP contribution in [0.1, 0.15) is 37.7 Å². The SMILES string of the molecule is O=C(O)CCC/C=C\C[C@@H]1[C@@H](/C=C/C(O)COc2cccc(C(F)(F)F)c2)[C@@H](O)C[C@H]1O. The van der Waals surface area contributed by atoms with E-state index in [1.54, 1.807) is 6.08 Å². The summed E-state index contributed by atoms with van der Waals surface area (Å²) in [5.41, 5.74) is -0.845. The summed E-state index contributed by atoms with van der Waals surface area (Å²) < 4.78 is 43.5. The number of carboxylic acid groups (broad SMARTS) is 1. The van der Waals surface area contributed by atoms with Crippen LogP contribution in [0, 0.1) is 11.8 Å². The van der Waals surface area contributed by atoms with Crippen LogP contribution in [-0.2, 0) is 11.0 Å². The fraction of sp³-hybridized carbons (Fsp3) is 0.522. The number of aliphatic hydroxyl groups excluding tert-OH is 3. The van der Waals surface area contributed by atoms with E-state index in [4.69, 9.17) is 9.84 Å². The summed E-state index contributed by atoms with van der Waals surface area (Å²) in [5, 5.41) is 39.2. The Hall–Kier alpha value is -2.36. The summed E-state index contributed by atoms with van der Waals surface area (Å²) in [7, 11) is 0. The predicted molar refractivity (Wildman–Crippen MR) is 111 cm³/mol. The van der Waals surface area contributed by atoms with Crippen molar-refractivity contribution in [1.29, 1.82) is 0 Å². The third-order valence-electron chi connectivity index (χ3n) is 5.39. The highest BCUT2D eigenvalue weighted by Crippen LogP contribution is 2.36. The zero-order valence-electron chi connectivity index (χ0n) is 17.5. The Bertz CT molecular complexity index is 792. The van der Waals surface area contributed by atoms with Gasteiger partial charge in [0.2, 0.25) is 0 Å². The third-order valence-corrected chi connectivity index (χ3v) is 5.39. The number of allylic oxidation sites excluding steroid dienone is 2. The number of alkyl halides is 3. The number of halogens is 3. The lowest BCUT2D eigenvalue weighted by atomic mass is 9.89. The first-order chi connectivity index (χ1) is 15.1. The van der Waals surface area contributed by atoms with Gasteiger partial charge in [0.05, 0.1) is 17.8 Å². The molecule has 0 bridgehead atoms. The predicted octanol–water partition coefficient (Wildman–Crippen LogP) is 3.56. The first-order valence-corrected chi connectivity index (χ1v) is 10.5. The zero-order chi connectivity index (χ0) is 23.7. The highest BCUT2D eigenvalue weighted by Gasteiger charge is 2.39. The van der Waals surface area contributed by atoms with Crippen LogP contribution in [0.25, 0.3) is 0 Å². The van der Waals surface area contributed by atoms with E-state index in [9.17, 15) is 33.3 Å². The second kappa shape index (κ2) is 12.0. The van der Waals surface area contributed by atoms with E-state index < -0.39 is 41.9 Å². The molecule has 1 saturated carbocycles. The molecule has 1 unspecified atom stereocenters. The summed E-state index contributed by atoms with van der Waals surface area (Å²) in [5.74, 6) is -1.55. The number of hydrogen-bond acceptors (Lipinski definition) is 5. The maximum atomic E-state index is 12.8. The lowest BCUT2D eigenvalue weighted by molar-refractivity contribution is -0.138. The monoisotopic (exact) mass is 458 g/mol. The standard InChI is InChI=1S/C23H29F3O6/c24-23(25,26)15-6-5-7-17(12-15)32-14-16(27)10-11-19-18(20(28)13-21(19)29)8-3-1-2-4-9-22(30)31/h1,3,5-7,10-12,16,18-21,27-29H,2,4,8-9,13-14H2,(H,30,31)/b3-1-,11-10+/t16?,18-,19-,20-,21+/m1/s1. The Kier molecular flexibility index (Phi) is 9.74. The molecule has 9 heteroatoms. The van der Waals surface area contributed by atoms with Crippen molar-refractivity contribution in [2.45, 2.75) is 56.6 Å². The Labute approximate surface area is 184 Å². The topological polar surface area (TPSA) is 107 Å². The van der Waals surface area contributed by atoms with Gasteiger partial charge < -0.3 is 25.2 Å². The molecule has 0 radical (unpaired) electrons. The molecule has 0 saturated heterocycles. The van der Waals surface area contributed by atoms with Crippen molar-refractivity contribution in [2.24, 2.45) is 11.8 Å². The van der Waals surface area contributed by atoms with E-state index >= 15 is 0 Å². The van der Waals surface area contributed by atoms with Gasteiger partial charge in [0, 0.05) is 18.8 Å². The highest BCUT2D eigenvalue weighted by atomic mass is 19.4. The molecule has 1 aliphatic carbocycles. The quantitative estimate of drug-likeness (QED) is 0.298. The molecular formula is C23H29F3O6. The fourth-order valence-electron chi connectivity index (χ4n) is 3.70. The Morgan fingerprint density at radius 3 is 2.66 bits per heavy atom. The molecule has 1 aliphatic rings. The van der Waals surface area contributed by atoms with Gasteiger partial charge in [-0.25, -0.2) is 0 Å². The maximum absolute atomic E-state index is 12.8. The molecule has 4 N–H and O–H groups in total. The van der Waals surface area contributed by atoms with Gasteiger partial charge >= 0.3 is 12.1 Å². The van der Waals surface area contributed by atoms with Crippen LogP contribution in [0.15, 0.2) is 48.6 Å². The van der Waals surface area contributed by atoms with Crippen LogP contribution in [0.5, 0.6) is 5.75 Å². The molecule has 178 valence electrons. The Morgan fingerprint density at radius 2 is 1.97 bits per heavy atom. The number of carboxylic acids is 1. The van der Waals surface area contributed by atoms with Crippen LogP contribution in [0.2, 0.25) is 0 Å². The van der Waals surface area contributed by atoms with Crippen LogP contribution < -0.4 is 4.74 Å². The van der Waals surface area contributed by atoms with Crippen molar-refractivity contribution in [3.8, 4) is 5.75 Å². The Balaban J connectivity index is 1.87. The number of benzene rings is 1. The number of aliphatic hydroxyl groups is 3. The molecule has 0 amide bonds. The molecule has 1 fully saturated rings. The minimum absolute atomic E-state index is 0.0190. The van der Waals surface area contributed by atoms with Gasteiger partial charge in [-0.1, -0.05) is 30.4 Å². The van der Waals surface area contributed by atoms with Crippen LogP contribution in [0.4, 0.5) is 13.2 Å². The molecule has 2 rings (SSSR count). The second-order valence-electron chi connectivity index (χ2n) is 7.89. The van der Waals surface area contributed by atoms with Crippen molar-refractivity contribution in [1.82, 2.24) is 0 Å². The van der Waals surface area contributed by atoms with Crippen molar-refractivity contribution in [3.63, 3.8) is 0 Å². The first-order valence-electron chi connectivity index (χ1n) is 10.5. The lowest BCUT2D eigenvalue weighted by Gasteiger charge is -2.19. The van der Waals surface area contributed by atoms with E-state index in [2.05, 4.69) is 0 Å². The molecular weight excluding hydrogens is 429 g/mol. The van der Waals surface area contributed by atoms with E-state index in [1.807, 2.05) is 12.2 Å². The number of carbonyl (C=O) groups is 1. The summed E-state index contributed by atoms with van der Waals surface area (Å²) >= 11 is 0. The molecule has 32 heavy (non-hydrogen) atoms. The van der Waals surface area contributed by atoms with Crippen LogP contribution in [0.3, 0.4) is 0 Å². The number of rotatable bonds is 11. The highest BCUT2D eigenvalue weighted by molar-refractivity contribution is 5.66. The summed E-state index contributed by atoms with van der Waals surface area (Å²) in [6.07, 6.45) is 1.48. The fourth-order valence-corrected chi connectivity index (χ4v) is 3.70. The number of unbranched alkanes of at least 4 members (excludes halogenated alkanes) is 1. The summed E-state index contributed by atoms with van der Waals surface area (Å²) in [6.45, 7) is -0.267. The van der Waals surface area contributed by atoms with Gasteiger partial charge in [-0.05, 0) is 43.4 Å². The molecule has 0 heterocycles. The smallest absolute Gasteiger partial charge is 0.416 e. The normalized spacial score (nSPS) is 24.9. The number of hydrogen-bond donors (Lipinski definition) is 4. The van der Waals surface area contributed by atoms with Gasteiger partial charge in [0.25, 0.3) is 0 Å². The lowest BCUT2D eigenvalue weighted by Crippen LogP contribution is -2.21. The summed E-state index contributed by atoms with van der Waals surface area (Å²) in [6, 6.07) is 4.36. The molecule has 0 spiro atoms. The largest absolute Gasteiger partial charge is 0.491 e. The average Bonchev–Trinajstić information content (AvgIpc) is 2.99. The Morgan fingerprint density at radius 1 is 1.22 bits per heavy atom. The summed E-state index contributed by atoms with van der Waals surface area (Å²) in [4.78, 5) is 10.5. The van der Waals surface area contributed by atoms with Crippen LogP contribution in [-0.4, -0.2) is 51.3 Å². The van der Waals surface area contributed by atoms with Gasteiger partial charge in [0.1, 0.15) is 18.5 Å². The van der Waals surface area contributed by atoms with E-state index in [0.717, 1.165) is 12.1 Å². The van der Waals surface area contributed by atoms with Crippen molar-refractivity contribution >= 4 is 5.97 Å². The minimum Gasteiger partial charge on any atom is -0.491 e. The number of aliphatic carboxylic acids is 1. The zero-order valence-corrected chi connectivity index (χ0v) is 17.5. The van der Waals surface area contributed by atoms with Gasteiger partial charge in [-0.15, -0.1) is 0 Å². The van der Waals surface area contributed by atoms with Crippen molar-refractivity contribution in [2.75, 3.05) is 6.61 Å². The van der Waals surface area contributed by atoms with Crippen LogP contribution >= 0.6 is 0 Å². The van der Waals surface area contributed by atoms with E-state index in [1.165, 1.54) is 18.2 Å². The molecule has 1 aromatic rings.